The van der Waals surface area contributed by atoms with E-state index in [0.29, 0.717) is 5.92 Å². The number of likely N-dealkylation sites (N-methyl/N-ethyl adjacent to an activating group) is 1. The van der Waals surface area contributed by atoms with Crippen LogP contribution in [-0.2, 0) is 0 Å². The number of hydrogen-bond donors (Lipinski definition) is 1. The van der Waals surface area contributed by atoms with Crippen LogP contribution in [0.25, 0.3) is 0 Å². The topological polar surface area (TPSA) is 23.5 Å². The molecular formula is C14H21NO. The Kier molecular flexibility index (Phi) is 3.62. The molecule has 1 N–H and O–H groups in total. The zero-order chi connectivity index (χ0) is 11.5. The molecule has 0 saturated carbocycles. The summed E-state index contributed by atoms with van der Waals surface area (Å²) in [4.78, 5) is 2.38. The minimum Gasteiger partial charge on any atom is -0.396 e. The van der Waals surface area contributed by atoms with E-state index in [4.69, 9.17) is 5.11 Å². The van der Waals surface area contributed by atoms with E-state index in [9.17, 15) is 0 Å². The molecule has 0 aromatic heterocycles. The highest BCUT2D eigenvalue weighted by atomic mass is 16.3. The number of hydrogen-bond acceptors (Lipinski definition) is 2. The zero-order valence-corrected chi connectivity index (χ0v) is 10.2. The molecule has 2 nitrogen and oxygen atoms in total. The largest absolute Gasteiger partial charge is 0.396 e. The Hall–Kier alpha value is -0.860. The van der Waals surface area contributed by atoms with Crippen molar-refractivity contribution < 1.29 is 5.11 Å². The van der Waals surface area contributed by atoms with E-state index in [1.54, 1.807) is 0 Å². The predicted octanol–water partition coefficient (Wildman–Crippen LogP) is 2.20. The normalized spacial score (nSPS) is 23.6. The number of aliphatic hydroxyl groups is 1. The molecule has 1 fully saturated rings. The van der Waals surface area contributed by atoms with Crippen LogP contribution in [0.1, 0.15) is 36.3 Å². The van der Waals surface area contributed by atoms with E-state index in [1.807, 2.05) is 0 Å². The van der Waals surface area contributed by atoms with Crippen LogP contribution in [0.2, 0.25) is 0 Å². The number of aliphatic hydroxyl groups excluding tert-OH is 1. The van der Waals surface area contributed by atoms with E-state index >= 15 is 0 Å². The van der Waals surface area contributed by atoms with Crippen molar-refractivity contribution in [2.75, 3.05) is 26.7 Å². The van der Waals surface area contributed by atoms with Crippen molar-refractivity contribution in [3.8, 4) is 0 Å². The predicted molar refractivity (Wildman–Crippen MR) is 66.8 cm³/mol. The molecule has 1 aliphatic heterocycles. The zero-order valence-electron chi connectivity index (χ0n) is 10.2. The fraction of sp³-hybridized carbons (Fsp3) is 0.571. The summed E-state index contributed by atoms with van der Waals surface area (Å²) in [5, 5.41) is 9.10. The number of rotatable bonds is 3. The van der Waals surface area contributed by atoms with Crippen LogP contribution in [0.4, 0.5) is 0 Å². The van der Waals surface area contributed by atoms with Crippen LogP contribution < -0.4 is 0 Å². The van der Waals surface area contributed by atoms with Crippen molar-refractivity contribution in [3.05, 3.63) is 35.4 Å². The van der Waals surface area contributed by atoms with Crippen molar-refractivity contribution >= 4 is 0 Å². The van der Waals surface area contributed by atoms with Gasteiger partial charge in [-0.25, -0.2) is 0 Å². The summed E-state index contributed by atoms with van der Waals surface area (Å²) in [6.07, 6.45) is 1.27. The summed E-state index contributed by atoms with van der Waals surface area (Å²) in [5.74, 6) is 0.948. The maximum absolute atomic E-state index is 9.10. The lowest BCUT2D eigenvalue weighted by Gasteiger charge is -2.13. The third kappa shape index (κ3) is 2.45. The van der Waals surface area contributed by atoms with Gasteiger partial charge in [0.1, 0.15) is 0 Å². The highest BCUT2D eigenvalue weighted by Gasteiger charge is 2.20. The number of likely N-dealkylation sites (tertiary alicyclic amines) is 1. The van der Waals surface area contributed by atoms with Crippen molar-refractivity contribution in [3.63, 3.8) is 0 Å². The molecule has 0 bridgehead atoms. The van der Waals surface area contributed by atoms with E-state index < -0.39 is 0 Å². The standard InChI is InChI=1S/C14H21NO/c1-11(10-16)12-3-5-13(6-4-12)14-7-8-15(2)9-14/h3-6,11,14,16H,7-10H2,1-2H3. The fourth-order valence-electron chi connectivity index (χ4n) is 2.41. The van der Waals surface area contributed by atoms with E-state index in [1.165, 1.54) is 30.6 Å². The molecule has 0 amide bonds. The van der Waals surface area contributed by atoms with Gasteiger partial charge < -0.3 is 10.0 Å². The molecule has 1 aliphatic rings. The fourth-order valence-corrected chi connectivity index (χ4v) is 2.41. The SMILES string of the molecule is CC(CO)c1ccc(C2CCN(C)C2)cc1. The number of benzene rings is 1. The molecule has 88 valence electrons. The molecule has 2 rings (SSSR count). The van der Waals surface area contributed by atoms with Crippen molar-refractivity contribution in [1.82, 2.24) is 4.90 Å². The Morgan fingerprint density at radius 3 is 2.56 bits per heavy atom. The van der Waals surface area contributed by atoms with Gasteiger partial charge in [-0.1, -0.05) is 31.2 Å². The summed E-state index contributed by atoms with van der Waals surface area (Å²) in [6.45, 7) is 4.66. The van der Waals surface area contributed by atoms with Crippen LogP contribution in [0.15, 0.2) is 24.3 Å². The first-order valence-electron chi connectivity index (χ1n) is 6.10. The molecule has 0 radical (unpaired) electrons. The average molecular weight is 219 g/mol. The monoisotopic (exact) mass is 219 g/mol. The van der Waals surface area contributed by atoms with Gasteiger partial charge in [-0.2, -0.15) is 0 Å². The van der Waals surface area contributed by atoms with Crippen LogP contribution >= 0.6 is 0 Å². The third-order valence-corrected chi connectivity index (χ3v) is 3.64. The van der Waals surface area contributed by atoms with Crippen LogP contribution in [0.5, 0.6) is 0 Å². The summed E-state index contributed by atoms with van der Waals surface area (Å²) in [7, 11) is 2.18. The van der Waals surface area contributed by atoms with Gasteiger partial charge in [0.25, 0.3) is 0 Å². The molecule has 0 aliphatic carbocycles. The second-order valence-electron chi connectivity index (χ2n) is 5.00. The molecule has 1 saturated heterocycles. The van der Waals surface area contributed by atoms with Crippen molar-refractivity contribution in [1.29, 1.82) is 0 Å². The lowest BCUT2D eigenvalue weighted by Crippen LogP contribution is -2.13. The Morgan fingerprint density at radius 2 is 2.06 bits per heavy atom. The summed E-state index contributed by atoms with van der Waals surface area (Å²) < 4.78 is 0. The highest BCUT2D eigenvalue weighted by Crippen LogP contribution is 2.27. The quantitative estimate of drug-likeness (QED) is 0.842. The van der Waals surface area contributed by atoms with Gasteiger partial charge in [0.15, 0.2) is 0 Å². The Morgan fingerprint density at radius 1 is 1.38 bits per heavy atom. The molecule has 1 aromatic rings. The van der Waals surface area contributed by atoms with E-state index in [0.717, 1.165) is 0 Å². The highest BCUT2D eigenvalue weighted by molar-refractivity contribution is 5.28. The third-order valence-electron chi connectivity index (χ3n) is 3.64. The lowest BCUT2D eigenvalue weighted by atomic mass is 9.94. The average Bonchev–Trinajstić information content (AvgIpc) is 2.75. The first kappa shape index (κ1) is 11.6. The molecule has 2 heteroatoms. The van der Waals surface area contributed by atoms with Crippen LogP contribution in [-0.4, -0.2) is 36.8 Å². The smallest absolute Gasteiger partial charge is 0.0497 e. The van der Waals surface area contributed by atoms with Gasteiger partial charge in [-0.05, 0) is 37.1 Å². The van der Waals surface area contributed by atoms with Gasteiger partial charge in [-0.15, -0.1) is 0 Å². The molecule has 16 heavy (non-hydrogen) atoms. The van der Waals surface area contributed by atoms with Gasteiger partial charge in [-0.3, -0.25) is 0 Å². The van der Waals surface area contributed by atoms with Crippen LogP contribution in [0, 0.1) is 0 Å². The maximum Gasteiger partial charge on any atom is 0.0497 e. The molecule has 1 aromatic carbocycles. The Bertz CT molecular complexity index is 333. The van der Waals surface area contributed by atoms with Crippen LogP contribution in [0.3, 0.4) is 0 Å². The Labute approximate surface area is 97.9 Å². The second-order valence-corrected chi connectivity index (χ2v) is 5.00. The van der Waals surface area contributed by atoms with Gasteiger partial charge >= 0.3 is 0 Å². The molecule has 0 spiro atoms. The molecule has 1 heterocycles. The first-order valence-corrected chi connectivity index (χ1v) is 6.10. The maximum atomic E-state index is 9.10. The molecule has 2 atom stereocenters. The number of nitrogens with zero attached hydrogens (tertiary/aromatic N) is 1. The minimum absolute atomic E-state index is 0.228. The van der Waals surface area contributed by atoms with Crippen molar-refractivity contribution in [2.45, 2.75) is 25.2 Å². The Balaban J connectivity index is 2.07. The second kappa shape index (κ2) is 4.98. The summed E-state index contributed by atoms with van der Waals surface area (Å²) in [5.41, 5.74) is 2.68. The molecule has 2 unspecified atom stereocenters. The molecular weight excluding hydrogens is 198 g/mol. The van der Waals surface area contributed by atoms with Gasteiger partial charge in [0.05, 0.1) is 0 Å². The summed E-state index contributed by atoms with van der Waals surface area (Å²) >= 11 is 0. The minimum atomic E-state index is 0.228. The first-order chi connectivity index (χ1) is 7.70. The van der Waals surface area contributed by atoms with Gasteiger partial charge in [0.2, 0.25) is 0 Å². The van der Waals surface area contributed by atoms with Gasteiger partial charge in [0, 0.05) is 19.1 Å². The lowest BCUT2D eigenvalue weighted by molar-refractivity contribution is 0.273. The van der Waals surface area contributed by atoms with Crippen molar-refractivity contribution in [2.24, 2.45) is 0 Å². The summed E-state index contributed by atoms with van der Waals surface area (Å²) in [6, 6.07) is 8.78. The van der Waals surface area contributed by atoms with E-state index in [-0.39, 0.29) is 12.5 Å². The van der Waals surface area contributed by atoms with E-state index in [2.05, 4.69) is 43.1 Å².